The number of para-hydroxylation sites is 4. The normalized spacial score (nSPS) is 12.1. The Hall–Kier alpha value is -7.36. The molecule has 0 aliphatic carbocycles. The van der Waals surface area contributed by atoms with E-state index in [9.17, 15) is 15.2 Å². The first-order chi connectivity index (χ1) is 25.6. The molecule has 0 amide bonds. The summed E-state index contributed by atoms with van der Waals surface area (Å²) in [5.74, 6) is -1.24. The van der Waals surface area contributed by atoms with E-state index in [2.05, 4.69) is 147 Å². The molecule has 0 radical (unpaired) electrons. The van der Waals surface area contributed by atoms with Crippen LogP contribution in [0.2, 0.25) is 0 Å². The number of rotatable bonds is 5. The summed E-state index contributed by atoms with van der Waals surface area (Å²) < 4.78 is 6.95. The Balaban J connectivity index is 1.25. The number of aliphatic carboxylic acids is 1. The van der Waals surface area contributed by atoms with Gasteiger partial charge in [-0.1, -0.05) is 84.9 Å². The molecule has 3 aromatic heterocycles. The van der Waals surface area contributed by atoms with Gasteiger partial charge in [0.1, 0.15) is 11.6 Å². The molecule has 0 atom stereocenters. The molecule has 0 saturated heterocycles. The zero-order chi connectivity index (χ0) is 34.9. The number of nitriles is 1. The van der Waals surface area contributed by atoms with Crippen LogP contribution in [0.15, 0.2) is 163 Å². The van der Waals surface area contributed by atoms with Crippen molar-refractivity contribution >= 4 is 77.5 Å². The fraction of sp³-hybridized carbons (Fsp3) is 0. The number of carboxylic acids is 1. The fourth-order valence-electron chi connectivity index (χ4n) is 7.99. The first kappa shape index (κ1) is 29.5. The van der Waals surface area contributed by atoms with Gasteiger partial charge in [0.15, 0.2) is 0 Å². The minimum absolute atomic E-state index is 0.306. The molecule has 52 heavy (non-hydrogen) atoms. The Morgan fingerprint density at radius 1 is 0.462 bits per heavy atom. The van der Waals surface area contributed by atoms with E-state index in [4.69, 9.17) is 0 Å². The lowest BCUT2D eigenvalue weighted by atomic mass is 10.1. The molecule has 0 aliphatic rings. The Morgan fingerprint density at radius 3 is 1.19 bits per heavy atom. The summed E-state index contributed by atoms with van der Waals surface area (Å²) in [5, 5.41) is 25.8. The molecule has 0 aliphatic heterocycles. The SMILES string of the molecule is N#C/C(=C\c1ccc(-n2c3ccc(-n4c5ccccc5c5ccccc54)cc3c3cc(-n4c5ccccc5c5ccccc54)ccc32)cc1)C(=O)O. The largest absolute Gasteiger partial charge is 0.477 e. The number of hydrogen-bond acceptors (Lipinski definition) is 2. The Kier molecular flexibility index (Phi) is 6.44. The zero-order valence-corrected chi connectivity index (χ0v) is 27.7. The topological polar surface area (TPSA) is 75.9 Å². The molecule has 6 heteroatoms. The molecule has 0 unspecified atom stereocenters. The van der Waals surface area contributed by atoms with E-state index >= 15 is 0 Å². The molecular formula is C46H28N4O2. The molecule has 244 valence electrons. The molecule has 10 aromatic rings. The lowest BCUT2D eigenvalue weighted by molar-refractivity contribution is -0.132. The zero-order valence-electron chi connectivity index (χ0n) is 27.7. The third-order valence-corrected chi connectivity index (χ3v) is 10.2. The van der Waals surface area contributed by atoms with Crippen LogP contribution < -0.4 is 0 Å². The molecule has 0 bridgehead atoms. The number of nitrogens with zero attached hydrogens (tertiary/aromatic N) is 4. The van der Waals surface area contributed by atoms with E-state index in [0.29, 0.717) is 5.56 Å². The van der Waals surface area contributed by atoms with Crippen LogP contribution in [0.5, 0.6) is 0 Å². The monoisotopic (exact) mass is 668 g/mol. The molecule has 7 aromatic carbocycles. The average Bonchev–Trinajstić information content (AvgIpc) is 3.82. The average molecular weight is 669 g/mol. The van der Waals surface area contributed by atoms with Gasteiger partial charge in [0.05, 0.1) is 33.1 Å². The van der Waals surface area contributed by atoms with E-state index in [1.165, 1.54) is 27.6 Å². The van der Waals surface area contributed by atoms with Crippen LogP contribution in [0.4, 0.5) is 0 Å². The third kappa shape index (κ3) is 4.33. The van der Waals surface area contributed by atoms with Crippen LogP contribution in [0.3, 0.4) is 0 Å². The minimum atomic E-state index is -1.24. The lowest BCUT2D eigenvalue weighted by Crippen LogP contribution is -1.98. The number of benzene rings is 7. The maximum atomic E-state index is 11.5. The standard InChI is InChI=1S/C46H28N4O2/c47-28-30(46(51)52)25-29-17-19-31(20-18-29)48-44-23-21-32(49-40-13-5-1-9-34(40)35-10-2-6-14-41(35)49)26-38(44)39-27-33(22-24-45(39)48)50-42-15-7-3-11-36(42)37-12-4-8-16-43(37)50/h1-27H,(H,51,52)/b30-25+. The summed E-state index contributed by atoms with van der Waals surface area (Å²) in [6.45, 7) is 0. The van der Waals surface area contributed by atoms with Gasteiger partial charge in [0.2, 0.25) is 0 Å². The molecule has 10 rings (SSSR count). The Bertz CT molecular complexity index is 2890. The van der Waals surface area contributed by atoms with Crippen molar-refractivity contribution in [3.05, 3.63) is 169 Å². The van der Waals surface area contributed by atoms with Crippen molar-refractivity contribution in [2.24, 2.45) is 0 Å². The van der Waals surface area contributed by atoms with Crippen LogP contribution in [-0.4, -0.2) is 24.8 Å². The lowest BCUT2D eigenvalue weighted by Gasteiger charge is -2.11. The van der Waals surface area contributed by atoms with Crippen molar-refractivity contribution in [2.45, 2.75) is 0 Å². The van der Waals surface area contributed by atoms with E-state index in [0.717, 1.165) is 60.9 Å². The third-order valence-electron chi connectivity index (χ3n) is 10.2. The molecule has 3 heterocycles. The second kappa shape index (κ2) is 11.3. The molecule has 0 fully saturated rings. The number of aromatic nitrogens is 3. The van der Waals surface area contributed by atoms with E-state index < -0.39 is 5.97 Å². The predicted octanol–water partition coefficient (Wildman–Crippen LogP) is 11.0. The fourth-order valence-corrected chi connectivity index (χ4v) is 7.99. The second-order valence-corrected chi connectivity index (χ2v) is 13.0. The predicted molar refractivity (Wildman–Crippen MR) is 211 cm³/mol. The van der Waals surface area contributed by atoms with Gasteiger partial charge in [-0.2, -0.15) is 5.26 Å². The van der Waals surface area contributed by atoms with Gasteiger partial charge in [0.25, 0.3) is 0 Å². The van der Waals surface area contributed by atoms with Crippen LogP contribution >= 0.6 is 0 Å². The molecule has 0 saturated carbocycles. The highest BCUT2D eigenvalue weighted by molar-refractivity contribution is 6.14. The van der Waals surface area contributed by atoms with E-state index in [1.807, 2.05) is 24.3 Å². The van der Waals surface area contributed by atoms with Crippen LogP contribution in [-0.2, 0) is 4.79 Å². The van der Waals surface area contributed by atoms with Crippen LogP contribution in [0.25, 0.3) is 88.6 Å². The Morgan fingerprint density at radius 2 is 0.808 bits per heavy atom. The highest BCUT2D eigenvalue weighted by Crippen LogP contribution is 2.39. The van der Waals surface area contributed by atoms with Gasteiger partial charge >= 0.3 is 5.97 Å². The van der Waals surface area contributed by atoms with Gasteiger partial charge in [-0.05, 0) is 84.4 Å². The summed E-state index contributed by atoms with van der Waals surface area (Å²) >= 11 is 0. The molecule has 1 N–H and O–H groups in total. The van der Waals surface area contributed by atoms with Crippen LogP contribution in [0, 0.1) is 11.3 Å². The van der Waals surface area contributed by atoms with Gasteiger partial charge < -0.3 is 18.8 Å². The number of carbonyl (C=O) groups is 1. The van der Waals surface area contributed by atoms with Gasteiger partial charge in [-0.15, -0.1) is 0 Å². The molecule has 6 nitrogen and oxygen atoms in total. The van der Waals surface area contributed by atoms with Crippen molar-refractivity contribution in [1.29, 1.82) is 5.26 Å². The summed E-state index contributed by atoms with van der Waals surface area (Å²) in [5.41, 5.74) is 10.1. The van der Waals surface area contributed by atoms with Gasteiger partial charge in [-0.3, -0.25) is 0 Å². The quantitative estimate of drug-likeness (QED) is 0.146. The molecule has 0 spiro atoms. The summed E-state index contributed by atoms with van der Waals surface area (Å²) in [6.07, 6.45) is 1.40. The first-order valence-corrected chi connectivity index (χ1v) is 17.1. The van der Waals surface area contributed by atoms with Crippen molar-refractivity contribution in [2.75, 3.05) is 0 Å². The van der Waals surface area contributed by atoms with Crippen molar-refractivity contribution < 1.29 is 9.90 Å². The summed E-state index contributed by atoms with van der Waals surface area (Å²) in [6, 6.07) is 57.0. The highest BCUT2D eigenvalue weighted by atomic mass is 16.4. The smallest absolute Gasteiger partial charge is 0.346 e. The second-order valence-electron chi connectivity index (χ2n) is 13.0. The summed E-state index contributed by atoms with van der Waals surface area (Å²) in [7, 11) is 0. The molecular weight excluding hydrogens is 641 g/mol. The number of carboxylic acid groups (broad SMARTS) is 1. The Labute approximate surface area is 297 Å². The van der Waals surface area contributed by atoms with Gasteiger partial charge in [-0.25, -0.2) is 4.79 Å². The maximum absolute atomic E-state index is 11.5. The van der Waals surface area contributed by atoms with Crippen molar-refractivity contribution in [3.63, 3.8) is 0 Å². The number of fused-ring (bicyclic) bond motifs is 9. The van der Waals surface area contributed by atoms with E-state index in [1.54, 1.807) is 6.07 Å². The van der Waals surface area contributed by atoms with Crippen molar-refractivity contribution in [3.8, 4) is 23.1 Å². The van der Waals surface area contributed by atoms with Gasteiger partial charge in [0, 0.05) is 49.4 Å². The number of hydrogen-bond donors (Lipinski definition) is 1. The van der Waals surface area contributed by atoms with Crippen LogP contribution in [0.1, 0.15) is 5.56 Å². The summed E-state index contributed by atoms with van der Waals surface area (Å²) in [4.78, 5) is 11.5. The van der Waals surface area contributed by atoms with E-state index in [-0.39, 0.29) is 5.57 Å². The first-order valence-electron chi connectivity index (χ1n) is 17.1. The van der Waals surface area contributed by atoms with Crippen molar-refractivity contribution in [1.82, 2.24) is 13.7 Å². The minimum Gasteiger partial charge on any atom is -0.477 e. The highest BCUT2D eigenvalue weighted by Gasteiger charge is 2.19. The maximum Gasteiger partial charge on any atom is 0.346 e.